The van der Waals surface area contributed by atoms with Gasteiger partial charge in [0.05, 0.1) is 18.7 Å². The first kappa shape index (κ1) is 32.7. The second kappa shape index (κ2) is 12.4. The van der Waals surface area contributed by atoms with Gasteiger partial charge in [0.25, 0.3) is 10.1 Å². The first-order chi connectivity index (χ1) is 17.3. The number of hydrogen-bond donors (Lipinski definition) is 9. The number of nitrogens with zero attached hydrogens (tertiary/aromatic N) is 4. The molecule has 2 unspecified atom stereocenters. The molecule has 1 saturated heterocycles. The fourth-order valence-corrected chi connectivity index (χ4v) is 6.10. The van der Waals surface area contributed by atoms with Gasteiger partial charge in [0, 0.05) is 6.54 Å². The lowest BCUT2D eigenvalue weighted by Gasteiger charge is -2.19. The van der Waals surface area contributed by atoms with Crippen molar-refractivity contribution in [3.8, 4) is 0 Å². The maximum absolute atomic E-state index is 11.8. The van der Waals surface area contributed by atoms with Gasteiger partial charge in [0.1, 0.15) is 30.2 Å². The van der Waals surface area contributed by atoms with Crippen molar-refractivity contribution in [3.05, 3.63) is 12.7 Å². The zero-order chi connectivity index (χ0) is 29.1. The zero-order valence-corrected chi connectivity index (χ0v) is 22.1. The van der Waals surface area contributed by atoms with Gasteiger partial charge in [-0.25, -0.2) is 28.6 Å². The Morgan fingerprint density at radius 2 is 1.66 bits per heavy atom. The van der Waals surface area contributed by atoms with Crippen molar-refractivity contribution in [2.45, 2.75) is 24.5 Å². The number of aromatic nitrogens is 4. The lowest BCUT2D eigenvalue weighted by Crippen LogP contribution is -2.33. The van der Waals surface area contributed by atoms with Crippen LogP contribution in [0.2, 0.25) is 0 Å². The Hall–Kier alpha value is -1.49. The predicted molar refractivity (Wildman–Crippen MR) is 121 cm³/mol. The van der Waals surface area contributed by atoms with E-state index in [-0.39, 0.29) is 29.3 Å². The highest BCUT2D eigenvalue weighted by atomic mass is 32.2. The Morgan fingerprint density at radius 3 is 2.18 bits per heavy atom. The molecule has 0 aliphatic carbocycles. The van der Waals surface area contributed by atoms with E-state index in [2.05, 4.69) is 28.1 Å². The van der Waals surface area contributed by atoms with Crippen molar-refractivity contribution in [1.29, 1.82) is 0 Å². The standard InChI is InChI=1S/C10H16N5O13P3.C2H7NO3S/c11-8-5-9(13-2-12-8)15(3-14-5)10-7(17)6(16)4(26-10)1-25-30(21,22)28-31(23,24)27-29(18,19)20;3-1-2-7(4,5)6/h2-4,6-7,10,16-17H,1H2,(H,21,22)(H,23,24)(H2,11,12,13)(H2,18,19,20);1-3H2,(H,4,5,6)/t4-,6-,7-,10-;/m1./s1. The van der Waals surface area contributed by atoms with E-state index in [0.717, 1.165) is 6.33 Å². The number of nitrogens with two attached hydrogens (primary N) is 2. The monoisotopic (exact) mass is 632 g/mol. The molecule has 3 rings (SSSR count). The van der Waals surface area contributed by atoms with Crippen LogP contribution in [0.5, 0.6) is 0 Å². The summed E-state index contributed by atoms with van der Waals surface area (Å²) >= 11 is 0. The number of fused-ring (bicyclic) bond motifs is 1. The third-order valence-corrected chi connectivity index (χ3v) is 8.75. The van der Waals surface area contributed by atoms with Crippen LogP contribution in [0.4, 0.5) is 5.82 Å². The minimum Gasteiger partial charge on any atom is -0.387 e. The normalized spacial score (nSPS) is 25.4. The molecule has 1 aliphatic heterocycles. The molecule has 0 radical (unpaired) electrons. The number of aliphatic hydroxyl groups excluding tert-OH is 2. The first-order valence-electron chi connectivity index (χ1n) is 9.63. The van der Waals surface area contributed by atoms with Crippen LogP contribution in [0.1, 0.15) is 6.23 Å². The Bertz CT molecular complexity index is 1370. The SMILES string of the molecule is NCCS(=O)(=O)O.Nc1ncnc2c1ncn2[C@@H]1O[C@H](COP(=O)(O)OP(=O)(O)OP(=O)(O)O)[C@@H](O)[C@H]1O. The van der Waals surface area contributed by atoms with Crippen LogP contribution in [-0.4, -0.2) is 99.5 Å². The van der Waals surface area contributed by atoms with Gasteiger partial charge >= 0.3 is 23.5 Å². The van der Waals surface area contributed by atoms with Gasteiger partial charge in [0.15, 0.2) is 17.7 Å². The second-order valence-electron chi connectivity index (χ2n) is 7.09. The molecule has 2 aromatic rings. The summed E-state index contributed by atoms with van der Waals surface area (Å²) in [6, 6.07) is 0. The summed E-state index contributed by atoms with van der Waals surface area (Å²) in [7, 11) is -20.5. The number of ether oxygens (including phenoxy) is 1. The molecule has 1 fully saturated rings. The number of rotatable bonds is 10. The second-order valence-corrected chi connectivity index (χ2v) is 13.1. The topological polar surface area (TPSA) is 360 Å². The van der Waals surface area contributed by atoms with Crippen LogP contribution in [-0.2, 0) is 41.7 Å². The van der Waals surface area contributed by atoms with Crippen molar-refractivity contribution in [2.24, 2.45) is 5.73 Å². The lowest BCUT2D eigenvalue weighted by molar-refractivity contribution is -0.0503. The van der Waals surface area contributed by atoms with Crippen LogP contribution < -0.4 is 11.5 Å². The molecule has 0 bridgehead atoms. The molecule has 1 aliphatic rings. The van der Waals surface area contributed by atoms with Gasteiger partial charge in [0.2, 0.25) is 0 Å². The van der Waals surface area contributed by atoms with E-state index in [0.29, 0.717) is 0 Å². The minimum absolute atomic E-state index is 0.0289. The van der Waals surface area contributed by atoms with E-state index in [1.807, 2.05) is 0 Å². The molecule has 0 spiro atoms. The van der Waals surface area contributed by atoms with Crippen LogP contribution in [0, 0.1) is 0 Å². The predicted octanol–water partition coefficient (Wildman–Crippen LogP) is -2.80. The Labute approximate surface area is 212 Å². The zero-order valence-electron chi connectivity index (χ0n) is 18.6. The van der Waals surface area contributed by atoms with Crippen LogP contribution in [0.3, 0.4) is 0 Å². The molecular weight excluding hydrogens is 609 g/mol. The van der Waals surface area contributed by atoms with Gasteiger partial charge in [-0.1, -0.05) is 0 Å². The molecule has 218 valence electrons. The van der Waals surface area contributed by atoms with Crippen molar-refractivity contribution in [3.63, 3.8) is 0 Å². The number of phosphoric acid groups is 3. The molecule has 0 saturated carbocycles. The number of aliphatic hydroxyl groups is 2. The average molecular weight is 632 g/mol. The average Bonchev–Trinajstić information content (AvgIpc) is 3.26. The maximum atomic E-state index is 11.8. The van der Waals surface area contributed by atoms with Crippen molar-refractivity contribution in [2.75, 3.05) is 24.6 Å². The van der Waals surface area contributed by atoms with E-state index in [9.17, 15) is 37.2 Å². The largest absolute Gasteiger partial charge is 0.490 e. The van der Waals surface area contributed by atoms with Crippen LogP contribution in [0.15, 0.2) is 12.7 Å². The van der Waals surface area contributed by atoms with Crippen LogP contribution in [0.25, 0.3) is 11.2 Å². The van der Waals surface area contributed by atoms with Crippen molar-refractivity contribution < 1.29 is 74.3 Å². The van der Waals surface area contributed by atoms with Gasteiger partial charge in [-0.15, -0.1) is 0 Å². The summed E-state index contributed by atoms with van der Waals surface area (Å²) in [6.45, 7) is -0.985. The molecule has 2 aromatic heterocycles. The summed E-state index contributed by atoms with van der Waals surface area (Å²) in [4.78, 5) is 47.2. The fraction of sp³-hybridized carbons (Fsp3) is 0.583. The maximum Gasteiger partial charge on any atom is 0.490 e. The van der Waals surface area contributed by atoms with Gasteiger partial charge in [-0.3, -0.25) is 13.6 Å². The van der Waals surface area contributed by atoms with E-state index in [1.54, 1.807) is 0 Å². The molecule has 38 heavy (non-hydrogen) atoms. The van der Waals surface area contributed by atoms with E-state index >= 15 is 0 Å². The summed E-state index contributed by atoms with van der Waals surface area (Å²) in [6.07, 6.45) is -3.69. The number of phosphoric ester groups is 1. The highest BCUT2D eigenvalue weighted by Gasteiger charge is 2.47. The molecule has 0 aromatic carbocycles. The Kier molecular flexibility index (Phi) is 10.6. The van der Waals surface area contributed by atoms with E-state index in [1.165, 1.54) is 10.9 Å². The summed E-state index contributed by atoms with van der Waals surface area (Å²) in [5.74, 6) is -0.312. The summed E-state index contributed by atoms with van der Waals surface area (Å²) < 4.78 is 79.2. The minimum atomic E-state index is -5.70. The van der Waals surface area contributed by atoms with Gasteiger partial charge in [-0.2, -0.15) is 17.0 Å². The first-order valence-corrected chi connectivity index (χ1v) is 15.8. The Morgan fingerprint density at radius 1 is 1.03 bits per heavy atom. The highest BCUT2D eigenvalue weighted by Crippen LogP contribution is 2.66. The van der Waals surface area contributed by atoms with Crippen LogP contribution >= 0.6 is 23.5 Å². The number of imidazole rings is 1. The molecular formula is C12H23N6O16P3S. The number of nitrogen functional groups attached to an aromatic ring is 1. The number of hydrogen-bond acceptors (Lipinski definition) is 16. The van der Waals surface area contributed by atoms with Crippen molar-refractivity contribution in [1.82, 2.24) is 19.5 Å². The summed E-state index contributed by atoms with van der Waals surface area (Å²) in [5, 5.41) is 20.4. The van der Waals surface area contributed by atoms with Gasteiger partial charge in [-0.05, 0) is 0 Å². The van der Waals surface area contributed by atoms with E-state index in [4.69, 9.17) is 35.4 Å². The fourth-order valence-electron chi connectivity index (χ4n) is 2.77. The Balaban J connectivity index is 0.000000638. The molecule has 3 heterocycles. The molecule has 22 nitrogen and oxygen atoms in total. The quantitative estimate of drug-likeness (QED) is 0.0943. The molecule has 26 heteroatoms. The number of anilines is 1. The molecule has 11 N–H and O–H groups in total. The summed E-state index contributed by atoms with van der Waals surface area (Å²) in [5.41, 5.74) is 10.8. The highest BCUT2D eigenvalue weighted by molar-refractivity contribution is 7.85. The van der Waals surface area contributed by atoms with Gasteiger partial charge < -0.3 is 46.0 Å². The molecule has 0 amide bonds. The van der Waals surface area contributed by atoms with Crippen molar-refractivity contribution >= 4 is 50.6 Å². The lowest BCUT2D eigenvalue weighted by atomic mass is 10.1. The third-order valence-electron chi connectivity index (χ3n) is 4.19. The smallest absolute Gasteiger partial charge is 0.387 e. The third kappa shape index (κ3) is 9.61. The molecule has 6 atom stereocenters. The van der Waals surface area contributed by atoms with E-state index < -0.39 is 64.7 Å².